The van der Waals surface area contributed by atoms with Gasteiger partial charge < -0.3 is 9.84 Å². The summed E-state index contributed by atoms with van der Waals surface area (Å²) in [6, 6.07) is 0.397. The second-order valence-corrected chi connectivity index (χ2v) is 7.44. The molecule has 1 N–H and O–H groups in total. The number of aryl methyl sites for hydroxylation is 1. The zero-order valence-corrected chi connectivity index (χ0v) is 14.9. The topological polar surface area (TPSA) is 90.8 Å². The predicted octanol–water partition coefficient (Wildman–Crippen LogP) is 1.27. The maximum Gasteiger partial charge on any atom is 0.345 e. The van der Waals surface area contributed by atoms with E-state index >= 15 is 0 Å². The van der Waals surface area contributed by atoms with E-state index in [1.807, 2.05) is 0 Å². The summed E-state index contributed by atoms with van der Waals surface area (Å²) in [7, 11) is 3.50. The van der Waals surface area contributed by atoms with Gasteiger partial charge in [0.2, 0.25) is 5.89 Å². The van der Waals surface area contributed by atoms with Gasteiger partial charge in [0.05, 0.1) is 6.54 Å². The molecule has 0 bridgehead atoms. The maximum absolute atomic E-state index is 11.9. The highest BCUT2D eigenvalue weighted by Gasteiger charge is 2.30. The van der Waals surface area contributed by atoms with Gasteiger partial charge in [-0.15, -0.1) is 0 Å². The van der Waals surface area contributed by atoms with Crippen LogP contribution < -0.4 is 11.0 Å². The smallest absolute Gasteiger partial charge is 0.339 e. The highest BCUT2D eigenvalue weighted by atomic mass is 16.5. The van der Waals surface area contributed by atoms with Crippen molar-refractivity contribution in [2.45, 2.75) is 63.5 Å². The standard InChI is InChI=1S/C17H26N6O2/c1-22-15(20-23(2)17(22)24)9-12-5-3-4-6-13(12)18-10-14-19-16(25-21-14)11-7-8-11/h11-13,18H,3-10H2,1-2H3/t12-,13-/m1/s1. The summed E-state index contributed by atoms with van der Waals surface area (Å²) in [5, 5.41) is 12.1. The molecule has 8 nitrogen and oxygen atoms in total. The zero-order valence-electron chi connectivity index (χ0n) is 14.9. The Morgan fingerprint density at radius 3 is 2.72 bits per heavy atom. The normalized spacial score (nSPS) is 23.9. The first kappa shape index (κ1) is 16.5. The first-order valence-electron chi connectivity index (χ1n) is 9.26. The van der Waals surface area contributed by atoms with Crippen LogP contribution in [0.2, 0.25) is 0 Å². The molecule has 0 aliphatic heterocycles. The maximum atomic E-state index is 11.9. The van der Waals surface area contributed by atoms with Crippen molar-refractivity contribution in [2.75, 3.05) is 0 Å². The van der Waals surface area contributed by atoms with E-state index in [1.54, 1.807) is 18.7 Å². The van der Waals surface area contributed by atoms with E-state index in [1.165, 1.54) is 30.4 Å². The molecule has 2 atom stereocenters. The lowest BCUT2D eigenvalue weighted by atomic mass is 9.82. The summed E-state index contributed by atoms with van der Waals surface area (Å²) < 4.78 is 8.41. The van der Waals surface area contributed by atoms with Crippen LogP contribution in [0.5, 0.6) is 0 Å². The molecule has 0 unspecified atom stereocenters. The lowest BCUT2D eigenvalue weighted by Crippen LogP contribution is -2.39. The molecule has 2 fully saturated rings. The van der Waals surface area contributed by atoms with Gasteiger partial charge in [-0.05, 0) is 31.6 Å². The Morgan fingerprint density at radius 1 is 1.20 bits per heavy atom. The molecular weight excluding hydrogens is 320 g/mol. The van der Waals surface area contributed by atoms with Crippen LogP contribution in [0, 0.1) is 5.92 Å². The third-order valence-corrected chi connectivity index (χ3v) is 5.50. The monoisotopic (exact) mass is 346 g/mol. The molecule has 0 amide bonds. The van der Waals surface area contributed by atoms with Gasteiger partial charge in [0.25, 0.3) is 0 Å². The number of rotatable bonds is 6. The first-order valence-corrected chi connectivity index (χ1v) is 9.26. The van der Waals surface area contributed by atoms with Crippen LogP contribution in [-0.4, -0.2) is 30.5 Å². The van der Waals surface area contributed by atoms with Crippen LogP contribution in [0.15, 0.2) is 9.32 Å². The summed E-state index contributed by atoms with van der Waals surface area (Å²) in [5.41, 5.74) is -0.0604. The minimum Gasteiger partial charge on any atom is -0.339 e. The summed E-state index contributed by atoms with van der Waals surface area (Å²) in [5.74, 6) is 3.37. The molecule has 25 heavy (non-hydrogen) atoms. The van der Waals surface area contributed by atoms with Crippen molar-refractivity contribution >= 4 is 0 Å². The molecule has 2 aliphatic carbocycles. The van der Waals surface area contributed by atoms with Gasteiger partial charge in [0.15, 0.2) is 5.82 Å². The van der Waals surface area contributed by atoms with E-state index in [0.29, 0.717) is 24.4 Å². The van der Waals surface area contributed by atoms with Crippen LogP contribution >= 0.6 is 0 Å². The van der Waals surface area contributed by atoms with Crippen LogP contribution in [-0.2, 0) is 27.1 Å². The Morgan fingerprint density at radius 2 is 2.00 bits per heavy atom. The molecule has 4 rings (SSSR count). The minimum atomic E-state index is -0.0604. The molecule has 2 aliphatic rings. The van der Waals surface area contributed by atoms with Gasteiger partial charge in [-0.1, -0.05) is 18.0 Å². The van der Waals surface area contributed by atoms with E-state index in [9.17, 15) is 4.79 Å². The summed E-state index contributed by atoms with van der Waals surface area (Å²) in [4.78, 5) is 16.4. The summed E-state index contributed by atoms with van der Waals surface area (Å²) >= 11 is 0. The third kappa shape index (κ3) is 3.53. The fourth-order valence-electron chi connectivity index (χ4n) is 3.80. The van der Waals surface area contributed by atoms with Gasteiger partial charge in [-0.3, -0.25) is 4.57 Å². The average Bonchev–Trinajstić information content (AvgIpc) is 3.32. The number of hydrogen-bond donors (Lipinski definition) is 1. The quantitative estimate of drug-likeness (QED) is 0.847. The van der Waals surface area contributed by atoms with Gasteiger partial charge >= 0.3 is 5.69 Å². The molecule has 2 heterocycles. The lowest BCUT2D eigenvalue weighted by molar-refractivity contribution is 0.252. The van der Waals surface area contributed by atoms with Crippen LogP contribution in [0.25, 0.3) is 0 Å². The van der Waals surface area contributed by atoms with Gasteiger partial charge in [-0.25, -0.2) is 9.48 Å². The molecular formula is C17H26N6O2. The molecule has 8 heteroatoms. The Hall–Kier alpha value is -1.96. The van der Waals surface area contributed by atoms with Crippen molar-refractivity contribution < 1.29 is 4.52 Å². The van der Waals surface area contributed by atoms with Crippen LogP contribution in [0.1, 0.15) is 62.0 Å². The molecule has 0 spiro atoms. The average molecular weight is 346 g/mol. The molecule has 0 saturated heterocycles. The van der Waals surface area contributed by atoms with E-state index in [2.05, 4.69) is 20.6 Å². The van der Waals surface area contributed by atoms with Crippen LogP contribution in [0.4, 0.5) is 0 Å². The van der Waals surface area contributed by atoms with E-state index in [0.717, 1.165) is 36.8 Å². The Bertz CT molecular complexity index is 787. The van der Waals surface area contributed by atoms with Crippen molar-refractivity contribution in [1.82, 2.24) is 29.8 Å². The highest BCUT2D eigenvalue weighted by Crippen LogP contribution is 2.38. The van der Waals surface area contributed by atoms with Gasteiger partial charge in [-0.2, -0.15) is 10.1 Å². The molecule has 2 saturated carbocycles. The summed E-state index contributed by atoms with van der Waals surface area (Å²) in [6.45, 7) is 0.637. The third-order valence-electron chi connectivity index (χ3n) is 5.50. The van der Waals surface area contributed by atoms with E-state index in [4.69, 9.17) is 4.52 Å². The van der Waals surface area contributed by atoms with Gasteiger partial charge in [0, 0.05) is 32.5 Å². The Balaban J connectivity index is 1.39. The fraction of sp³-hybridized carbons (Fsp3) is 0.765. The SMILES string of the molecule is Cn1nc(C[C@H]2CCCC[C@H]2NCc2noc(C3CC3)n2)n(C)c1=O. The second-order valence-electron chi connectivity index (χ2n) is 7.44. The van der Waals surface area contributed by atoms with Crippen LogP contribution in [0.3, 0.4) is 0 Å². The first-order chi connectivity index (χ1) is 12.1. The fourth-order valence-corrected chi connectivity index (χ4v) is 3.80. The summed E-state index contributed by atoms with van der Waals surface area (Å²) in [6.07, 6.45) is 7.92. The number of hydrogen-bond acceptors (Lipinski definition) is 6. The Kier molecular flexibility index (Phi) is 4.45. The molecule has 136 valence electrons. The van der Waals surface area contributed by atoms with Crippen molar-refractivity contribution in [3.63, 3.8) is 0 Å². The highest BCUT2D eigenvalue weighted by molar-refractivity contribution is 5.02. The predicted molar refractivity (Wildman–Crippen MR) is 91.0 cm³/mol. The second kappa shape index (κ2) is 6.74. The number of nitrogens with one attached hydrogen (secondary N) is 1. The van der Waals surface area contributed by atoms with Crippen molar-refractivity contribution in [2.24, 2.45) is 20.0 Å². The van der Waals surface area contributed by atoms with Crippen molar-refractivity contribution in [3.05, 3.63) is 28.0 Å². The zero-order chi connectivity index (χ0) is 17.4. The number of nitrogens with zero attached hydrogens (tertiary/aromatic N) is 5. The van der Waals surface area contributed by atoms with E-state index < -0.39 is 0 Å². The Labute approximate surface area is 146 Å². The van der Waals surface area contributed by atoms with Gasteiger partial charge in [0.1, 0.15) is 5.82 Å². The minimum absolute atomic E-state index is 0.0604. The van der Waals surface area contributed by atoms with Crippen molar-refractivity contribution in [1.29, 1.82) is 0 Å². The number of aromatic nitrogens is 5. The van der Waals surface area contributed by atoms with Crippen molar-refractivity contribution in [3.8, 4) is 0 Å². The molecule has 2 aromatic heterocycles. The molecule has 2 aromatic rings. The largest absolute Gasteiger partial charge is 0.345 e. The van der Waals surface area contributed by atoms with E-state index in [-0.39, 0.29) is 5.69 Å². The molecule has 0 aromatic carbocycles. The lowest BCUT2D eigenvalue weighted by Gasteiger charge is -2.31. The molecule has 0 radical (unpaired) electrons.